The van der Waals surface area contributed by atoms with Crippen molar-refractivity contribution in [2.24, 2.45) is 0 Å². The molecule has 0 aliphatic heterocycles. The fraction of sp³-hybridized carbons (Fsp3) is 0.333. The van der Waals surface area contributed by atoms with Crippen molar-refractivity contribution in [1.82, 2.24) is 0 Å². The number of carbonyl (C=O) groups excluding carboxylic acids is 2. The number of benzene rings is 1. The first kappa shape index (κ1) is 18.7. The van der Waals surface area contributed by atoms with Crippen LogP contribution in [0.15, 0.2) is 0 Å². The summed E-state index contributed by atoms with van der Waals surface area (Å²) in [6, 6.07) is 0. The highest BCUT2D eigenvalue weighted by Gasteiger charge is 2.34. The molecule has 1 aromatic carbocycles. The lowest BCUT2D eigenvalue weighted by atomic mass is 10.1. The van der Waals surface area contributed by atoms with E-state index in [9.17, 15) is 40.3 Å². The molecule has 23 heavy (non-hydrogen) atoms. The Labute approximate surface area is 123 Å². The van der Waals surface area contributed by atoms with Gasteiger partial charge >= 0.3 is 17.9 Å². The van der Waals surface area contributed by atoms with Gasteiger partial charge in [0.2, 0.25) is 5.82 Å². The third-order valence-corrected chi connectivity index (χ3v) is 2.32. The van der Waals surface area contributed by atoms with Crippen LogP contribution in [0.25, 0.3) is 0 Å². The molecule has 0 N–H and O–H groups in total. The van der Waals surface area contributed by atoms with E-state index in [1.807, 2.05) is 0 Å². The van der Waals surface area contributed by atoms with Gasteiger partial charge in [-0.2, -0.15) is 8.78 Å². The van der Waals surface area contributed by atoms with Gasteiger partial charge in [-0.1, -0.05) is 0 Å². The van der Waals surface area contributed by atoms with Crippen molar-refractivity contribution in [3.05, 3.63) is 34.6 Å². The number of hydrogen-bond acceptors (Lipinski definition) is 4. The van der Waals surface area contributed by atoms with Crippen molar-refractivity contribution in [3.63, 3.8) is 0 Å². The zero-order valence-corrected chi connectivity index (χ0v) is 11.2. The van der Waals surface area contributed by atoms with Gasteiger partial charge in [-0.3, -0.25) is 0 Å². The summed E-state index contributed by atoms with van der Waals surface area (Å²) in [5, 5.41) is 0. The molecule has 4 nitrogen and oxygen atoms in total. The fourth-order valence-corrected chi connectivity index (χ4v) is 1.25. The largest absolute Gasteiger partial charge is 0.458 e. The molecule has 0 saturated carbocycles. The van der Waals surface area contributed by atoms with Crippen molar-refractivity contribution in [1.29, 1.82) is 0 Å². The molecule has 0 radical (unpaired) electrons. The minimum absolute atomic E-state index is 0.232. The second kappa shape index (κ2) is 6.84. The molecule has 0 spiro atoms. The van der Waals surface area contributed by atoms with Crippen LogP contribution in [0, 0.1) is 29.1 Å². The summed E-state index contributed by atoms with van der Waals surface area (Å²) in [6.45, 7) is -1.63. The van der Waals surface area contributed by atoms with Crippen molar-refractivity contribution < 1.29 is 49.8 Å². The Kier molecular flexibility index (Phi) is 5.56. The molecule has 11 heteroatoms. The number of halogens is 7. The van der Waals surface area contributed by atoms with Crippen LogP contribution in [0.2, 0.25) is 0 Å². The van der Waals surface area contributed by atoms with Gasteiger partial charge in [-0.15, -0.1) is 0 Å². The van der Waals surface area contributed by atoms with Crippen LogP contribution < -0.4 is 0 Å². The molecule has 0 heterocycles. The zero-order valence-electron chi connectivity index (χ0n) is 11.2. The summed E-state index contributed by atoms with van der Waals surface area (Å²) in [5.74, 6) is -19.7. The molecule has 0 atom stereocenters. The van der Waals surface area contributed by atoms with E-state index in [0.717, 1.165) is 0 Å². The molecule has 0 aliphatic carbocycles. The molecule has 0 saturated heterocycles. The zero-order chi connectivity index (χ0) is 17.9. The smallest absolute Gasteiger partial charge is 0.376 e. The van der Waals surface area contributed by atoms with Gasteiger partial charge in [0.15, 0.2) is 23.3 Å². The first-order valence-electron chi connectivity index (χ1n) is 5.72. The summed E-state index contributed by atoms with van der Waals surface area (Å²) >= 11 is 0. The van der Waals surface area contributed by atoms with Gasteiger partial charge in [0.1, 0.15) is 18.8 Å². The van der Waals surface area contributed by atoms with E-state index >= 15 is 0 Å². The van der Waals surface area contributed by atoms with Crippen molar-refractivity contribution in [3.8, 4) is 0 Å². The summed E-state index contributed by atoms with van der Waals surface area (Å²) in [4.78, 5) is 21.9. The number of esters is 2. The predicted molar refractivity (Wildman–Crippen MR) is 58.1 cm³/mol. The third-order valence-electron chi connectivity index (χ3n) is 2.32. The van der Waals surface area contributed by atoms with E-state index < -0.39 is 65.7 Å². The molecule has 0 fully saturated rings. The molecular weight excluding hydrogens is 341 g/mol. The highest BCUT2D eigenvalue weighted by Crippen LogP contribution is 2.23. The molecule has 0 amide bonds. The maximum atomic E-state index is 13.2. The minimum atomic E-state index is -3.81. The topological polar surface area (TPSA) is 52.6 Å². The quantitative estimate of drug-likeness (QED) is 0.270. The Hall–Kier alpha value is -2.33. The lowest BCUT2D eigenvalue weighted by Crippen LogP contribution is -2.28. The van der Waals surface area contributed by atoms with E-state index in [2.05, 4.69) is 9.47 Å². The van der Waals surface area contributed by atoms with Crippen LogP contribution >= 0.6 is 0 Å². The standard InChI is InChI=1S/C12H7F7O4/c1-12(18,19)11(21)23-3-2-22-10(20)4-5(13)7(15)9(17)8(16)6(4)14/h2-3H2,1H3. The van der Waals surface area contributed by atoms with Crippen LogP contribution in [-0.4, -0.2) is 31.1 Å². The van der Waals surface area contributed by atoms with Crippen LogP contribution in [0.4, 0.5) is 30.7 Å². The highest BCUT2D eigenvalue weighted by molar-refractivity contribution is 5.90. The Morgan fingerprint density at radius 3 is 1.65 bits per heavy atom. The van der Waals surface area contributed by atoms with Crippen molar-refractivity contribution in [2.45, 2.75) is 12.8 Å². The van der Waals surface area contributed by atoms with Crippen LogP contribution in [-0.2, 0) is 14.3 Å². The molecule has 0 aliphatic rings. The Morgan fingerprint density at radius 2 is 1.22 bits per heavy atom. The second-order valence-corrected chi connectivity index (χ2v) is 4.11. The molecule has 128 valence electrons. The lowest BCUT2D eigenvalue weighted by molar-refractivity contribution is -0.170. The lowest BCUT2D eigenvalue weighted by Gasteiger charge is -2.11. The molecule has 1 rings (SSSR count). The van der Waals surface area contributed by atoms with E-state index in [1.54, 1.807) is 0 Å². The van der Waals surface area contributed by atoms with Gasteiger partial charge in [0, 0.05) is 6.92 Å². The fourth-order valence-electron chi connectivity index (χ4n) is 1.25. The monoisotopic (exact) mass is 348 g/mol. The maximum absolute atomic E-state index is 13.2. The number of hydrogen-bond donors (Lipinski definition) is 0. The van der Waals surface area contributed by atoms with Crippen LogP contribution in [0.1, 0.15) is 17.3 Å². The first-order valence-corrected chi connectivity index (χ1v) is 5.72. The average Bonchev–Trinajstić information content (AvgIpc) is 2.46. The molecular formula is C12H7F7O4. The van der Waals surface area contributed by atoms with Crippen LogP contribution in [0.5, 0.6) is 0 Å². The molecule has 1 aromatic rings. The van der Waals surface area contributed by atoms with Gasteiger partial charge in [0.05, 0.1) is 0 Å². The third kappa shape index (κ3) is 4.11. The number of ether oxygens (including phenoxy) is 2. The van der Waals surface area contributed by atoms with Crippen molar-refractivity contribution >= 4 is 11.9 Å². The number of rotatable bonds is 5. The van der Waals surface area contributed by atoms with E-state index in [-0.39, 0.29) is 6.92 Å². The number of alkyl halides is 2. The second-order valence-electron chi connectivity index (χ2n) is 4.11. The summed E-state index contributed by atoms with van der Waals surface area (Å²) in [6.07, 6.45) is 0. The Bertz CT molecular complexity index is 610. The van der Waals surface area contributed by atoms with E-state index in [4.69, 9.17) is 0 Å². The Morgan fingerprint density at radius 1 is 0.826 bits per heavy atom. The van der Waals surface area contributed by atoms with Crippen molar-refractivity contribution in [2.75, 3.05) is 13.2 Å². The SMILES string of the molecule is CC(F)(F)C(=O)OCCOC(=O)c1c(F)c(F)c(F)c(F)c1F. The Balaban J connectivity index is 2.76. The predicted octanol–water partition coefficient (Wildman–Crippen LogP) is 2.74. The van der Waals surface area contributed by atoms with E-state index in [1.165, 1.54) is 0 Å². The maximum Gasteiger partial charge on any atom is 0.376 e. The summed E-state index contributed by atoms with van der Waals surface area (Å²) < 4.78 is 97.8. The first-order chi connectivity index (χ1) is 10.5. The normalized spacial score (nSPS) is 11.3. The van der Waals surface area contributed by atoms with Gasteiger partial charge in [-0.05, 0) is 0 Å². The number of carbonyl (C=O) groups is 2. The summed E-state index contributed by atoms with van der Waals surface area (Å²) in [5.41, 5.74) is -1.85. The van der Waals surface area contributed by atoms with Crippen LogP contribution in [0.3, 0.4) is 0 Å². The van der Waals surface area contributed by atoms with E-state index in [0.29, 0.717) is 0 Å². The molecule has 0 unspecified atom stereocenters. The summed E-state index contributed by atoms with van der Waals surface area (Å²) in [7, 11) is 0. The molecule has 0 aromatic heterocycles. The van der Waals surface area contributed by atoms with Gasteiger partial charge < -0.3 is 9.47 Å². The molecule has 0 bridgehead atoms. The minimum Gasteiger partial charge on any atom is -0.458 e. The average molecular weight is 348 g/mol. The van der Waals surface area contributed by atoms with Gasteiger partial charge in [0.25, 0.3) is 0 Å². The van der Waals surface area contributed by atoms with Gasteiger partial charge in [-0.25, -0.2) is 31.5 Å². The highest BCUT2D eigenvalue weighted by atomic mass is 19.3.